The second kappa shape index (κ2) is 5.91. The Bertz CT molecular complexity index is 846. The Hall–Kier alpha value is -2.56. The number of nitrogens with zero attached hydrogens (tertiary/aromatic N) is 3. The Morgan fingerprint density at radius 1 is 1.13 bits per heavy atom. The Kier molecular flexibility index (Phi) is 3.94. The molecule has 0 amide bonds. The largest absolute Gasteiger partial charge is 0.496 e. The van der Waals surface area contributed by atoms with Crippen molar-refractivity contribution in [3.63, 3.8) is 0 Å². The molecular weight excluding hydrogens is 290 g/mol. The third-order valence-corrected chi connectivity index (χ3v) is 4.15. The van der Waals surface area contributed by atoms with E-state index in [1.54, 1.807) is 7.11 Å². The molecule has 0 saturated carbocycles. The number of benzene rings is 1. The van der Waals surface area contributed by atoms with E-state index in [1.807, 2.05) is 50.0 Å². The van der Waals surface area contributed by atoms with Crippen LogP contribution in [-0.2, 0) is 6.54 Å². The molecule has 0 spiro atoms. The van der Waals surface area contributed by atoms with E-state index in [-0.39, 0.29) is 0 Å². The van der Waals surface area contributed by atoms with Crippen molar-refractivity contribution in [1.29, 1.82) is 0 Å². The lowest BCUT2D eigenvalue weighted by Gasteiger charge is -2.10. The molecule has 0 N–H and O–H groups in total. The Balaban J connectivity index is 1.96. The molecular formula is C18H21N3O2. The third kappa shape index (κ3) is 2.86. The summed E-state index contributed by atoms with van der Waals surface area (Å²) in [6.07, 6.45) is 3.84. The lowest BCUT2D eigenvalue weighted by atomic mass is 10.0. The zero-order valence-electron chi connectivity index (χ0n) is 14.2. The van der Waals surface area contributed by atoms with Gasteiger partial charge in [0.25, 0.3) is 0 Å². The van der Waals surface area contributed by atoms with E-state index in [1.165, 1.54) is 0 Å². The fourth-order valence-electron chi connectivity index (χ4n) is 2.65. The van der Waals surface area contributed by atoms with Gasteiger partial charge in [0.1, 0.15) is 17.2 Å². The number of aromatic nitrogens is 3. The second-order valence-corrected chi connectivity index (χ2v) is 5.80. The van der Waals surface area contributed by atoms with Gasteiger partial charge in [-0.2, -0.15) is 5.10 Å². The maximum Gasteiger partial charge on any atom is 0.226 e. The average Bonchev–Trinajstić information content (AvgIpc) is 3.09. The maximum atomic E-state index is 5.90. The van der Waals surface area contributed by atoms with Gasteiger partial charge in [0, 0.05) is 11.8 Å². The van der Waals surface area contributed by atoms with Gasteiger partial charge in [-0.3, -0.25) is 4.68 Å². The predicted octanol–water partition coefficient (Wildman–Crippen LogP) is 3.83. The van der Waals surface area contributed by atoms with Gasteiger partial charge in [-0.1, -0.05) is 0 Å². The molecule has 0 unspecified atom stereocenters. The van der Waals surface area contributed by atoms with Gasteiger partial charge >= 0.3 is 0 Å². The highest BCUT2D eigenvalue weighted by Gasteiger charge is 2.16. The van der Waals surface area contributed by atoms with Crippen LogP contribution in [0.25, 0.3) is 11.5 Å². The van der Waals surface area contributed by atoms with Crippen LogP contribution in [0.15, 0.2) is 28.9 Å². The molecule has 0 fully saturated rings. The van der Waals surface area contributed by atoms with Crippen LogP contribution in [-0.4, -0.2) is 21.9 Å². The molecule has 120 valence electrons. The number of hydrogen-bond acceptors (Lipinski definition) is 4. The van der Waals surface area contributed by atoms with Crippen LogP contribution in [0.3, 0.4) is 0 Å². The summed E-state index contributed by atoms with van der Waals surface area (Å²) in [7, 11) is 1.68. The first-order valence-corrected chi connectivity index (χ1v) is 7.59. The SMILES string of the molecule is COc1ccc(-c2nc(Cn3cc(C)cn3)c(C)o2)c(C)c1C. The van der Waals surface area contributed by atoms with E-state index >= 15 is 0 Å². The molecule has 0 aliphatic rings. The van der Waals surface area contributed by atoms with Crippen molar-refractivity contribution in [1.82, 2.24) is 14.8 Å². The molecule has 2 aromatic heterocycles. The minimum Gasteiger partial charge on any atom is -0.496 e. The summed E-state index contributed by atoms with van der Waals surface area (Å²) in [5.41, 5.74) is 5.25. The van der Waals surface area contributed by atoms with E-state index < -0.39 is 0 Å². The van der Waals surface area contributed by atoms with Crippen LogP contribution < -0.4 is 4.74 Å². The number of aryl methyl sites for hydroxylation is 2. The van der Waals surface area contributed by atoms with Crippen LogP contribution in [0.5, 0.6) is 5.75 Å². The minimum absolute atomic E-state index is 0.608. The van der Waals surface area contributed by atoms with E-state index in [2.05, 4.69) is 17.0 Å². The van der Waals surface area contributed by atoms with Gasteiger partial charge in [0.05, 0.1) is 19.9 Å². The number of ether oxygens (including phenoxy) is 1. The van der Waals surface area contributed by atoms with Crippen LogP contribution in [0.4, 0.5) is 0 Å². The first kappa shape index (κ1) is 15.3. The predicted molar refractivity (Wildman–Crippen MR) is 88.8 cm³/mol. The van der Waals surface area contributed by atoms with E-state index in [4.69, 9.17) is 9.15 Å². The fraction of sp³-hybridized carbons (Fsp3) is 0.333. The second-order valence-electron chi connectivity index (χ2n) is 5.80. The molecule has 0 bridgehead atoms. The zero-order chi connectivity index (χ0) is 16.6. The summed E-state index contributed by atoms with van der Waals surface area (Å²) in [5, 5.41) is 4.31. The molecule has 3 rings (SSSR count). The highest BCUT2D eigenvalue weighted by Crippen LogP contribution is 2.31. The number of oxazole rings is 1. The summed E-state index contributed by atoms with van der Waals surface area (Å²) >= 11 is 0. The van der Waals surface area contributed by atoms with Gasteiger partial charge in [-0.15, -0.1) is 0 Å². The quantitative estimate of drug-likeness (QED) is 0.735. The first-order valence-electron chi connectivity index (χ1n) is 7.59. The van der Waals surface area contributed by atoms with Crippen LogP contribution in [0.2, 0.25) is 0 Å². The number of rotatable bonds is 4. The molecule has 5 nitrogen and oxygen atoms in total. The van der Waals surface area contributed by atoms with Crippen molar-refractivity contribution < 1.29 is 9.15 Å². The highest BCUT2D eigenvalue weighted by atomic mass is 16.5. The molecule has 3 aromatic rings. The van der Waals surface area contributed by atoms with Crippen LogP contribution in [0.1, 0.15) is 28.1 Å². The maximum absolute atomic E-state index is 5.90. The van der Waals surface area contributed by atoms with Crippen molar-refractivity contribution in [3.8, 4) is 17.2 Å². The first-order chi connectivity index (χ1) is 11.0. The van der Waals surface area contributed by atoms with Gasteiger partial charge < -0.3 is 9.15 Å². The zero-order valence-corrected chi connectivity index (χ0v) is 14.2. The standard InChI is InChI=1S/C18H21N3O2/c1-11-8-19-21(9-11)10-16-14(4)23-18(20-16)15-6-7-17(22-5)13(3)12(15)2/h6-9H,10H2,1-5H3. The van der Waals surface area contributed by atoms with Crippen molar-refractivity contribution in [3.05, 3.63) is 52.7 Å². The summed E-state index contributed by atoms with van der Waals surface area (Å²) in [4.78, 5) is 4.67. The van der Waals surface area contributed by atoms with Crippen molar-refractivity contribution in [2.24, 2.45) is 0 Å². The summed E-state index contributed by atoms with van der Waals surface area (Å²) in [6.45, 7) is 8.67. The van der Waals surface area contributed by atoms with Crippen LogP contribution >= 0.6 is 0 Å². The molecule has 0 aliphatic heterocycles. The summed E-state index contributed by atoms with van der Waals surface area (Å²) < 4.78 is 13.1. The normalized spacial score (nSPS) is 11.0. The molecule has 2 heterocycles. The van der Waals surface area contributed by atoms with Crippen molar-refractivity contribution >= 4 is 0 Å². The monoisotopic (exact) mass is 311 g/mol. The molecule has 0 saturated heterocycles. The lowest BCUT2D eigenvalue weighted by Crippen LogP contribution is -2.01. The van der Waals surface area contributed by atoms with E-state index in [0.29, 0.717) is 12.4 Å². The van der Waals surface area contributed by atoms with Crippen molar-refractivity contribution in [2.45, 2.75) is 34.2 Å². The van der Waals surface area contributed by atoms with E-state index in [9.17, 15) is 0 Å². The summed E-state index contributed by atoms with van der Waals surface area (Å²) in [6, 6.07) is 3.95. The minimum atomic E-state index is 0.608. The van der Waals surface area contributed by atoms with Gasteiger partial charge in [-0.25, -0.2) is 4.98 Å². The van der Waals surface area contributed by atoms with Crippen LogP contribution in [0, 0.1) is 27.7 Å². The summed E-state index contributed by atoms with van der Waals surface area (Å²) in [5.74, 6) is 2.34. The third-order valence-electron chi connectivity index (χ3n) is 4.15. The van der Waals surface area contributed by atoms with Gasteiger partial charge in [-0.05, 0) is 56.5 Å². The topological polar surface area (TPSA) is 53.1 Å². The Labute approximate surface area is 135 Å². The molecule has 0 aliphatic carbocycles. The van der Waals surface area contributed by atoms with Gasteiger partial charge in [0.15, 0.2) is 0 Å². The number of methoxy groups -OCH3 is 1. The molecule has 0 radical (unpaired) electrons. The molecule has 23 heavy (non-hydrogen) atoms. The van der Waals surface area contributed by atoms with Crippen molar-refractivity contribution in [2.75, 3.05) is 7.11 Å². The average molecular weight is 311 g/mol. The van der Waals surface area contributed by atoms with Gasteiger partial charge in [0.2, 0.25) is 5.89 Å². The van der Waals surface area contributed by atoms with E-state index in [0.717, 1.165) is 39.5 Å². The molecule has 0 atom stereocenters. The Morgan fingerprint density at radius 3 is 2.57 bits per heavy atom. The molecule has 1 aromatic carbocycles. The highest BCUT2D eigenvalue weighted by molar-refractivity contribution is 5.63. The number of hydrogen-bond donors (Lipinski definition) is 0. The smallest absolute Gasteiger partial charge is 0.226 e. The molecule has 5 heteroatoms. The Morgan fingerprint density at radius 2 is 1.91 bits per heavy atom. The lowest BCUT2D eigenvalue weighted by molar-refractivity contribution is 0.411. The fourth-order valence-corrected chi connectivity index (χ4v) is 2.65.